The van der Waals surface area contributed by atoms with E-state index in [9.17, 15) is 4.79 Å². The molecule has 0 radical (unpaired) electrons. The zero-order chi connectivity index (χ0) is 21.5. The Morgan fingerprint density at radius 2 is 2.10 bits per heavy atom. The summed E-state index contributed by atoms with van der Waals surface area (Å²) < 4.78 is 6.34. The predicted octanol–water partition coefficient (Wildman–Crippen LogP) is 5.49. The molecular formula is C25H24N2O3S. The van der Waals surface area contributed by atoms with Crippen LogP contribution in [-0.4, -0.2) is 26.8 Å². The molecule has 0 amide bonds. The molecule has 2 aromatic heterocycles. The van der Waals surface area contributed by atoms with Gasteiger partial charge in [-0.15, -0.1) is 11.8 Å². The number of ether oxygens (including phenoxy) is 1. The van der Waals surface area contributed by atoms with Crippen molar-refractivity contribution in [2.24, 2.45) is 0 Å². The zero-order valence-corrected chi connectivity index (χ0v) is 18.4. The molecule has 0 bridgehead atoms. The number of carbonyl (C=O) groups is 1. The number of carboxylic acids is 1. The van der Waals surface area contributed by atoms with Crippen molar-refractivity contribution < 1.29 is 14.6 Å². The van der Waals surface area contributed by atoms with Gasteiger partial charge in [0.25, 0.3) is 0 Å². The van der Waals surface area contributed by atoms with Gasteiger partial charge in [-0.3, -0.25) is 9.78 Å². The average molecular weight is 433 g/mol. The third kappa shape index (κ3) is 3.69. The van der Waals surface area contributed by atoms with E-state index in [0.29, 0.717) is 5.88 Å². The highest BCUT2D eigenvalue weighted by atomic mass is 32.2. The van der Waals surface area contributed by atoms with Crippen LogP contribution in [0.2, 0.25) is 0 Å². The summed E-state index contributed by atoms with van der Waals surface area (Å²) in [5.41, 5.74) is 8.33. The molecule has 0 spiro atoms. The topological polar surface area (TPSA) is 72.3 Å². The Bertz CT molecular complexity index is 1160. The van der Waals surface area contributed by atoms with E-state index in [4.69, 9.17) is 9.84 Å². The lowest BCUT2D eigenvalue weighted by atomic mass is 9.93. The molecule has 0 saturated heterocycles. The van der Waals surface area contributed by atoms with Crippen LogP contribution in [0.3, 0.4) is 0 Å². The number of nitrogens with zero attached hydrogens (tertiary/aromatic N) is 2. The number of hydrogen-bond donors (Lipinski definition) is 1. The summed E-state index contributed by atoms with van der Waals surface area (Å²) >= 11 is 1.69. The first-order valence-corrected chi connectivity index (χ1v) is 11.6. The van der Waals surface area contributed by atoms with Gasteiger partial charge in [-0.25, -0.2) is 4.98 Å². The Morgan fingerprint density at radius 3 is 2.90 bits per heavy atom. The summed E-state index contributed by atoms with van der Waals surface area (Å²) in [5.74, 6) is 0.655. The highest BCUT2D eigenvalue weighted by Gasteiger charge is 2.30. The van der Waals surface area contributed by atoms with Gasteiger partial charge in [0.05, 0.1) is 6.42 Å². The van der Waals surface area contributed by atoms with E-state index in [1.165, 1.54) is 27.8 Å². The number of aromatic nitrogens is 2. The molecule has 3 heterocycles. The number of thioether (sulfide) groups is 1. The van der Waals surface area contributed by atoms with Crippen molar-refractivity contribution >= 4 is 17.7 Å². The van der Waals surface area contributed by atoms with Crippen LogP contribution < -0.4 is 4.74 Å². The third-order valence-corrected chi connectivity index (χ3v) is 7.50. The summed E-state index contributed by atoms with van der Waals surface area (Å²) in [7, 11) is 0. The number of hydrogen-bond acceptors (Lipinski definition) is 5. The zero-order valence-electron chi connectivity index (χ0n) is 17.6. The van der Waals surface area contributed by atoms with E-state index in [0.717, 1.165) is 34.7 Å². The molecule has 31 heavy (non-hydrogen) atoms. The van der Waals surface area contributed by atoms with Crippen molar-refractivity contribution in [2.75, 3.05) is 5.75 Å². The molecule has 0 saturated carbocycles. The largest absolute Gasteiger partial charge is 0.481 e. The maximum absolute atomic E-state index is 11.1. The molecule has 1 aliphatic carbocycles. The van der Waals surface area contributed by atoms with E-state index in [1.54, 1.807) is 18.0 Å². The Kier molecular flexibility index (Phi) is 5.18. The fourth-order valence-corrected chi connectivity index (χ4v) is 6.05. The summed E-state index contributed by atoms with van der Waals surface area (Å²) in [6, 6.07) is 10.5. The van der Waals surface area contributed by atoms with Crippen molar-refractivity contribution in [1.82, 2.24) is 9.97 Å². The smallest absolute Gasteiger partial charge is 0.303 e. The second-order valence-electron chi connectivity index (χ2n) is 8.27. The number of fused-ring (bicyclic) bond motifs is 2. The summed E-state index contributed by atoms with van der Waals surface area (Å²) in [6.45, 7) is 4.20. The number of aryl methyl sites for hydroxylation is 2. The summed E-state index contributed by atoms with van der Waals surface area (Å²) in [4.78, 5) is 21.2. The molecular weight excluding hydrogens is 408 g/mol. The van der Waals surface area contributed by atoms with Crippen LogP contribution >= 0.6 is 11.8 Å². The van der Waals surface area contributed by atoms with Gasteiger partial charge in [0.2, 0.25) is 5.88 Å². The molecule has 5 rings (SSSR count). The highest BCUT2D eigenvalue weighted by Crippen LogP contribution is 2.44. The number of carboxylic acid groups (broad SMARTS) is 1. The van der Waals surface area contributed by atoms with Crippen LogP contribution in [0.15, 0.2) is 47.6 Å². The van der Waals surface area contributed by atoms with Gasteiger partial charge in [-0.1, -0.05) is 18.2 Å². The monoisotopic (exact) mass is 432 g/mol. The van der Waals surface area contributed by atoms with Gasteiger partial charge in [0, 0.05) is 46.3 Å². The van der Waals surface area contributed by atoms with Crippen LogP contribution in [0.1, 0.15) is 52.8 Å². The first-order chi connectivity index (χ1) is 15.0. The minimum atomic E-state index is -0.767. The Labute approximate surface area is 185 Å². The van der Waals surface area contributed by atoms with Crippen molar-refractivity contribution in [3.05, 3.63) is 70.7 Å². The first kappa shape index (κ1) is 20.1. The van der Waals surface area contributed by atoms with E-state index in [2.05, 4.69) is 48.1 Å². The minimum Gasteiger partial charge on any atom is -0.481 e. The fourth-order valence-electron chi connectivity index (χ4n) is 4.81. The lowest BCUT2D eigenvalue weighted by molar-refractivity contribution is -0.137. The van der Waals surface area contributed by atoms with Crippen LogP contribution in [0.4, 0.5) is 0 Å². The fraction of sp³-hybridized carbons (Fsp3) is 0.320. The molecule has 1 unspecified atom stereocenters. The summed E-state index contributed by atoms with van der Waals surface area (Å²) in [6.07, 6.45) is 5.66. The van der Waals surface area contributed by atoms with Gasteiger partial charge >= 0.3 is 5.97 Å². The highest BCUT2D eigenvalue weighted by molar-refractivity contribution is 7.99. The quantitative estimate of drug-likeness (QED) is 0.575. The molecule has 2 aliphatic rings. The lowest BCUT2D eigenvalue weighted by Gasteiger charge is -2.17. The number of pyridine rings is 2. The van der Waals surface area contributed by atoms with Gasteiger partial charge in [0.15, 0.2) is 0 Å². The SMILES string of the molecule is Cc1ccnc(C)c1-c1cccc2c1CCC2Oc1cc2c(cn1)[C@H](CC(=O)O)CS2. The molecule has 0 fully saturated rings. The van der Waals surface area contributed by atoms with Crippen molar-refractivity contribution in [3.63, 3.8) is 0 Å². The number of benzene rings is 1. The van der Waals surface area contributed by atoms with Crippen molar-refractivity contribution in [1.29, 1.82) is 0 Å². The Balaban J connectivity index is 1.42. The first-order valence-electron chi connectivity index (χ1n) is 10.6. The van der Waals surface area contributed by atoms with E-state index >= 15 is 0 Å². The number of rotatable bonds is 5. The molecule has 158 valence electrons. The van der Waals surface area contributed by atoms with Crippen LogP contribution in [0, 0.1) is 13.8 Å². The van der Waals surface area contributed by atoms with Gasteiger partial charge < -0.3 is 9.84 Å². The molecule has 2 atom stereocenters. The van der Waals surface area contributed by atoms with Gasteiger partial charge in [-0.05, 0) is 60.6 Å². The Hall–Kier alpha value is -2.86. The maximum Gasteiger partial charge on any atom is 0.303 e. The van der Waals surface area contributed by atoms with E-state index in [1.807, 2.05) is 12.3 Å². The van der Waals surface area contributed by atoms with E-state index in [-0.39, 0.29) is 18.4 Å². The molecule has 6 heteroatoms. The molecule has 3 aromatic rings. The molecule has 1 aliphatic heterocycles. The molecule has 5 nitrogen and oxygen atoms in total. The maximum atomic E-state index is 11.1. The Morgan fingerprint density at radius 1 is 1.23 bits per heavy atom. The average Bonchev–Trinajstić information content (AvgIpc) is 3.32. The van der Waals surface area contributed by atoms with Crippen LogP contribution in [-0.2, 0) is 11.2 Å². The van der Waals surface area contributed by atoms with Crippen molar-refractivity contribution in [2.45, 2.75) is 50.0 Å². The van der Waals surface area contributed by atoms with Crippen LogP contribution in [0.25, 0.3) is 11.1 Å². The predicted molar refractivity (Wildman–Crippen MR) is 121 cm³/mol. The van der Waals surface area contributed by atoms with Gasteiger partial charge in [-0.2, -0.15) is 0 Å². The normalized spacial score (nSPS) is 19.2. The standard InChI is InChI=1S/C25H24N2O3S/c1-14-8-9-26-15(2)25(14)19-5-3-4-18-17(19)6-7-21(18)30-23-11-22-20(12-27-23)16(13-31-22)10-24(28)29/h3-5,8-9,11-12,16,21H,6-7,10,13H2,1-2H3,(H,28,29)/t16-,21?/m1/s1. The minimum absolute atomic E-state index is 0.0276. The number of aliphatic carboxylic acids is 1. The second-order valence-corrected chi connectivity index (χ2v) is 9.33. The van der Waals surface area contributed by atoms with Crippen molar-refractivity contribution in [3.8, 4) is 17.0 Å². The van der Waals surface area contributed by atoms with E-state index < -0.39 is 5.97 Å². The second kappa shape index (κ2) is 8.00. The van der Waals surface area contributed by atoms with Crippen LogP contribution in [0.5, 0.6) is 5.88 Å². The third-order valence-electron chi connectivity index (χ3n) is 6.27. The summed E-state index contributed by atoms with van der Waals surface area (Å²) in [5, 5.41) is 9.12. The molecule has 1 N–H and O–H groups in total. The van der Waals surface area contributed by atoms with Gasteiger partial charge in [0.1, 0.15) is 6.10 Å². The molecule has 1 aromatic carbocycles. The lowest BCUT2D eigenvalue weighted by Crippen LogP contribution is -2.07.